The smallest absolute Gasteiger partial charge is 0.239 e. The zero-order valence-corrected chi connectivity index (χ0v) is 11.7. The van der Waals surface area contributed by atoms with Gasteiger partial charge in [-0.05, 0) is 26.2 Å². The Labute approximate surface area is 104 Å². The maximum atomic E-state index is 11.6. The number of hydrogen-bond acceptors (Lipinski definition) is 3. The molecule has 0 saturated heterocycles. The highest BCUT2D eigenvalue weighted by Gasteiger charge is 2.27. The quantitative estimate of drug-likeness (QED) is 0.670. The van der Waals surface area contributed by atoms with E-state index in [-0.39, 0.29) is 29.3 Å². The number of rotatable bonds is 3. The van der Waals surface area contributed by atoms with Crippen molar-refractivity contribution in [1.29, 1.82) is 0 Å². The normalized spacial score (nSPS) is 14.1. The average Bonchev–Trinajstić information content (AvgIpc) is 2.08. The van der Waals surface area contributed by atoms with Crippen molar-refractivity contribution in [3.63, 3.8) is 0 Å². The summed E-state index contributed by atoms with van der Waals surface area (Å²) in [5.41, 5.74) is 5.15. The lowest BCUT2D eigenvalue weighted by molar-refractivity contribution is -0.128. The van der Waals surface area contributed by atoms with Crippen molar-refractivity contribution in [1.82, 2.24) is 10.6 Å². The second kappa shape index (κ2) is 5.49. The first-order valence-corrected chi connectivity index (χ1v) is 5.78. The van der Waals surface area contributed by atoms with Crippen LogP contribution in [-0.2, 0) is 9.59 Å². The van der Waals surface area contributed by atoms with Crippen molar-refractivity contribution >= 4 is 11.8 Å². The molecule has 1 unspecified atom stereocenters. The van der Waals surface area contributed by atoms with Crippen molar-refractivity contribution in [2.45, 2.75) is 53.1 Å². The van der Waals surface area contributed by atoms with E-state index >= 15 is 0 Å². The minimum absolute atomic E-state index is 0.0418. The van der Waals surface area contributed by atoms with Gasteiger partial charge in [0.15, 0.2) is 0 Å². The third-order valence-corrected chi connectivity index (χ3v) is 2.15. The Morgan fingerprint density at radius 2 is 1.59 bits per heavy atom. The Hall–Kier alpha value is -1.10. The molecule has 0 saturated carbocycles. The van der Waals surface area contributed by atoms with E-state index < -0.39 is 6.04 Å². The summed E-state index contributed by atoms with van der Waals surface area (Å²) in [6.07, 6.45) is 0. The van der Waals surface area contributed by atoms with Gasteiger partial charge in [-0.15, -0.1) is 0 Å². The Morgan fingerprint density at radius 1 is 1.12 bits per heavy atom. The molecule has 0 bridgehead atoms. The van der Waals surface area contributed by atoms with Gasteiger partial charge in [0.1, 0.15) is 0 Å². The maximum absolute atomic E-state index is 11.6. The second-order valence-corrected chi connectivity index (χ2v) is 6.36. The van der Waals surface area contributed by atoms with Gasteiger partial charge in [-0.1, -0.05) is 20.8 Å². The summed E-state index contributed by atoms with van der Waals surface area (Å²) in [6, 6.07) is -0.620. The number of nitrogens with two attached hydrogens (primary N) is 1. The van der Waals surface area contributed by atoms with E-state index in [0.717, 1.165) is 0 Å². The highest BCUT2D eigenvalue weighted by Crippen LogP contribution is 2.16. The number of carbonyl (C=O) groups excluding carboxylic acids is 2. The molecule has 0 aliphatic heterocycles. The molecule has 1 atom stereocenters. The third kappa shape index (κ3) is 6.94. The van der Waals surface area contributed by atoms with Crippen LogP contribution in [0.1, 0.15) is 41.5 Å². The Bertz CT molecular complexity index is 287. The molecular weight excluding hydrogens is 218 g/mol. The molecule has 4 N–H and O–H groups in total. The van der Waals surface area contributed by atoms with Gasteiger partial charge in [-0.3, -0.25) is 9.59 Å². The first-order valence-electron chi connectivity index (χ1n) is 5.78. The molecule has 0 aromatic heterocycles. The van der Waals surface area contributed by atoms with Crippen molar-refractivity contribution in [3.05, 3.63) is 0 Å². The van der Waals surface area contributed by atoms with Crippen LogP contribution < -0.4 is 16.4 Å². The van der Waals surface area contributed by atoms with Crippen molar-refractivity contribution in [3.8, 4) is 0 Å². The molecular formula is C12H25N3O2. The zero-order valence-electron chi connectivity index (χ0n) is 11.7. The van der Waals surface area contributed by atoms with Crippen LogP contribution in [0.4, 0.5) is 0 Å². The predicted octanol–water partition coefficient (Wildman–Crippen LogP) is 0.391. The van der Waals surface area contributed by atoms with E-state index in [2.05, 4.69) is 10.6 Å². The summed E-state index contributed by atoms with van der Waals surface area (Å²) >= 11 is 0. The van der Waals surface area contributed by atoms with Gasteiger partial charge in [-0.2, -0.15) is 0 Å². The molecule has 2 amide bonds. The van der Waals surface area contributed by atoms with Crippen molar-refractivity contribution in [2.75, 3.05) is 6.54 Å². The minimum atomic E-state index is -0.620. The van der Waals surface area contributed by atoms with E-state index in [0.29, 0.717) is 0 Å². The summed E-state index contributed by atoms with van der Waals surface area (Å²) < 4.78 is 0. The summed E-state index contributed by atoms with van der Waals surface area (Å²) in [4.78, 5) is 23.1. The molecule has 0 radical (unpaired) electrons. The average molecular weight is 243 g/mol. The number of hydrogen-bond donors (Lipinski definition) is 3. The van der Waals surface area contributed by atoms with Crippen molar-refractivity contribution < 1.29 is 9.59 Å². The first kappa shape index (κ1) is 15.9. The van der Waals surface area contributed by atoms with E-state index in [4.69, 9.17) is 5.73 Å². The molecule has 0 aliphatic rings. The summed E-state index contributed by atoms with van der Waals surface area (Å²) in [7, 11) is 0. The number of amides is 2. The van der Waals surface area contributed by atoms with E-state index in [1.165, 1.54) is 0 Å². The van der Waals surface area contributed by atoms with Crippen LogP contribution in [0.5, 0.6) is 0 Å². The lowest BCUT2D eigenvalue weighted by atomic mass is 9.87. The topological polar surface area (TPSA) is 84.2 Å². The monoisotopic (exact) mass is 243 g/mol. The number of carbonyl (C=O) groups is 2. The summed E-state index contributed by atoms with van der Waals surface area (Å²) in [5, 5.41) is 5.29. The lowest BCUT2D eigenvalue weighted by Gasteiger charge is -2.26. The van der Waals surface area contributed by atoms with Crippen LogP contribution in [-0.4, -0.2) is 29.9 Å². The fraction of sp³-hybridized carbons (Fsp3) is 0.833. The summed E-state index contributed by atoms with van der Waals surface area (Å²) in [5.74, 6) is -0.520. The lowest BCUT2D eigenvalue weighted by Crippen LogP contribution is -2.52. The van der Waals surface area contributed by atoms with Gasteiger partial charge in [-0.25, -0.2) is 0 Å². The van der Waals surface area contributed by atoms with Crippen LogP contribution >= 0.6 is 0 Å². The largest absolute Gasteiger partial charge is 0.350 e. The molecule has 5 heteroatoms. The van der Waals surface area contributed by atoms with Crippen LogP contribution in [0.25, 0.3) is 0 Å². The first-order chi connectivity index (χ1) is 7.43. The molecule has 0 heterocycles. The molecule has 0 rings (SSSR count). The van der Waals surface area contributed by atoms with Gasteiger partial charge in [0.25, 0.3) is 0 Å². The van der Waals surface area contributed by atoms with Gasteiger partial charge in [0.05, 0.1) is 12.6 Å². The van der Waals surface area contributed by atoms with Crippen molar-refractivity contribution in [2.24, 2.45) is 11.1 Å². The second-order valence-electron chi connectivity index (χ2n) is 6.36. The standard InChI is InChI=1S/C12H25N3O2/c1-11(2,3)9(13)10(17)14-7-8(16)15-12(4,5)6/h9H,7,13H2,1-6H3,(H,14,17)(H,15,16). The van der Waals surface area contributed by atoms with Gasteiger partial charge in [0.2, 0.25) is 11.8 Å². The summed E-state index contributed by atoms with van der Waals surface area (Å²) in [6.45, 7) is 11.3. The molecule has 0 fully saturated rings. The number of nitrogens with one attached hydrogen (secondary N) is 2. The highest BCUT2D eigenvalue weighted by atomic mass is 16.2. The fourth-order valence-corrected chi connectivity index (χ4v) is 1.13. The maximum Gasteiger partial charge on any atom is 0.239 e. The zero-order chi connectivity index (χ0) is 13.9. The van der Waals surface area contributed by atoms with E-state index in [9.17, 15) is 9.59 Å². The van der Waals surface area contributed by atoms with E-state index in [1.54, 1.807) is 0 Å². The molecule has 17 heavy (non-hydrogen) atoms. The highest BCUT2D eigenvalue weighted by molar-refractivity contribution is 5.87. The van der Waals surface area contributed by atoms with E-state index in [1.807, 2.05) is 41.5 Å². The molecule has 0 aromatic carbocycles. The van der Waals surface area contributed by atoms with Crippen LogP contribution in [0, 0.1) is 5.41 Å². The Kier molecular flexibility index (Phi) is 5.13. The van der Waals surface area contributed by atoms with Gasteiger partial charge < -0.3 is 16.4 Å². The molecule has 0 aliphatic carbocycles. The van der Waals surface area contributed by atoms with Crippen LogP contribution in [0.15, 0.2) is 0 Å². The fourth-order valence-electron chi connectivity index (χ4n) is 1.13. The third-order valence-electron chi connectivity index (χ3n) is 2.15. The van der Waals surface area contributed by atoms with Gasteiger partial charge in [0, 0.05) is 5.54 Å². The van der Waals surface area contributed by atoms with Gasteiger partial charge >= 0.3 is 0 Å². The van der Waals surface area contributed by atoms with Crippen LogP contribution in [0.2, 0.25) is 0 Å². The SMILES string of the molecule is CC(C)(C)NC(=O)CNC(=O)C(N)C(C)(C)C. The Balaban J connectivity index is 4.14. The molecule has 0 aromatic rings. The Morgan fingerprint density at radius 3 is 1.94 bits per heavy atom. The van der Waals surface area contributed by atoms with Crippen LogP contribution in [0.3, 0.4) is 0 Å². The molecule has 5 nitrogen and oxygen atoms in total. The predicted molar refractivity (Wildman–Crippen MR) is 68.3 cm³/mol. The molecule has 100 valence electrons. The minimum Gasteiger partial charge on any atom is -0.350 e. The molecule has 0 spiro atoms.